The van der Waals surface area contributed by atoms with Gasteiger partial charge in [-0.15, -0.1) is 0 Å². The van der Waals surface area contributed by atoms with Crippen molar-refractivity contribution >= 4 is 24.4 Å². The first-order chi connectivity index (χ1) is 10.4. The fraction of sp³-hybridized carbons (Fsp3) is 0.368. The quantitative estimate of drug-likeness (QED) is 0.357. The maximum atomic E-state index is 7.50. The average Bonchev–Trinajstić information content (AvgIpc) is 2.81. The van der Waals surface area contributed by atoms with E-state index in [2.05, 4.69) is 68.4 Å². The normalized spacial score (nSPS) is 10.9. The van der Waals surface area contributed by atoms with Crippen LogP contribution in [-0.2, 0) is 35.0 Å². The van der Waals surface area contributed by atoms with Gasteiger partial charge in [-0.05, 0) is 80.5 Å². The van der Waals surface area contributed by atoms with Crippen LogP contribution in [0.2, 0.25) is 0 Å². The van der Waals surface area contributed by atoms with Gasteiger partial charge in [0.2, 0.25) is 0 Å². The molecule has 0 heterocycles. The second kappa shape index (κ2) is 14.8. The molecule has 0 bridgehead atoms. The Labute approximate surface area is 172 Å². The molecule has 2 rings (SSSR count). The smallest absolute Gasteiger partial charge is 0 e. The summed E-state index contributed by atoms with van der Waals surface area (Å²) in [6, 6.07) is 0. The Morgan fingerprint density at radius 2 is 0.792 bits per heavy atom. The second-order valence-electron chi connectivity index (χ2n) is 5.12. The van der Waals surface area contributed by atoms with Crippen molar-refractivity contribution in [2.24, 2.45) is 0 Å². The largest absolute Gasteiger partial charge is 0 e. The zero-order valence-electron chi connectivity index (χ0n) is 15.6. The minimum Gasteiger partial charge on any atom is 0 e. The van der Waals surface area contributed by atoms with Crippen molar-refractivity contribution < 1.29 is 35.0 Å². The summed E-state index contributed by atoms with van der Waals surface area (Å²) in [5, 5.41) is 0. The number of allylic oxidation sites excluding steroid dienone is 2. The van der Waals surface area contributed by atoms with Gasteiger partial charge in [0, 0.05) is 45.8 Å². The molecule has 2 radical (unpaired) electrons. The SMILES string of the molecule is C[C]1C(C)=C(C)c2c(C)c(C)c(C)c(C)c21.[C-]#[O+].[C-]#[O+].[C-]#[O+].[Li].[Mo]. The minimum absolute atomic E-state index is 0. The Bertz CT molecular complexity index is 626. The fourth-order valence-corrected chi connectivity index (χ4v) is 2.91. The molecule has 122 valence electrons. The van der Waals surface area contributed by atoms with Crippen LogP contribution in [0, 0.1) is 53.6 Å². The molecule has 0 fully saturated rings. The molecule has 1 aliphatic rings. The molecule has 1 aromatic carbocycles. The van der Waals surface area contributed by atoms with Gasteiger partial charge in [0.1, 0.15) is 0 Å². The van der Waals surface area contributed by atoms with Crippen LogP contribution in [0.15, 0.2) is 5.57 Å². The summed E-state index contributed by atoms with van der Waals surface area (Å²) in [7, 11) is 0. The molecule has 0 unspecified atom stereocenters. The van der Waals surface area contributed by atoms with E-state index in [9.17, 15) is 0 Å². The monoisotopic (exact) mass is 402 g/mol. The fourth-order valence-electron chi connectivity index (χ4n) is 2.91. The van der Waals surface area contributed by atoms with E-state index in [1.165, 1.54) is 50.4 Å². The van der Waals surface area contributed by atoms with Crippen molar-refractivity contribution in [3.05, 3.63) is 64.8 Å². The third-order valence-corrected chi connectivity index (χ3v) is 4.56. The zero-order valence-corrected chi connectivity index (χ0v) is 17.6. The summed E-state index contributed by atoms with van der Waals surface area (Å²) in [6.45, 7) is 29.3. The van der Waals surface area contributed by atoms with Crippen molar-refractivity contribution in [3.63, 3.8) is 0 Å². The first-order valence-electron chi connectivity index (χ1n) is 6.61. The Hall–Kier alpha value is -0.534. The molecule has 0 amide bonds. The molecule has 0 N–H and O–H groups in total. The molecular formula is C19H21LiMoO3. The predicted molar refractivity (Wildman–Crippen MR) is 89.2 cm³/mol. The van der Waals surface area contributed by atoms with E-state index in [0.29, 0.717) is 0 Å². The van der Waals surface area contributed by atoms with E-state index in [0.717, 1.165) is 0 Å². The average molecular weight is 400 g/mol. The van der Waals surface area contributed by atoms with Gasteiger partial charge < -0.3 is 0 Å². The van der Waals surface area contributed by atoms with E-state index in [4.69, 9.17) is 14.0 Å². The van der Waals surface area contributed by atoms with Gasteiger partial charge in [0.15, 0.2) is 0 Å². The molecule has 1 aromatic rings. The molecule has 0 aliphatic heterocycles. The number of fused-ring (bicyclic) bond motifs is 1. The number of rotatable bonds is 0. The van der Waals surface area contributed by atoms with Crippen molar-refractivity contribution in [1.29, 1.82) is 0 Å². The molecule has 3 nitrogen and oxygen atoms in total. The van der Waals surface area contributed by atoms with Crippen LogP contribution in [0.1, 0.15) is 54.2 Å². The predicted octanol–water partition coefficient (Wildman–Crippen LogP) is 4.17. The van der Waals surface area contributed by atoms with E-state index in [1.54, 1.807) is 0 Å². The van der Waals surface area contributed by atoms with Crippen LogP contribution in [0.4, 0.5) is 0 Å². The second-order valence-corrected chi connectivity index (χ2v) is 5.12. The molecule has 24 heavy (non-hydrogen) atoms. The van der Waals surface area contributed by atoms with Crippen LogP contribution in [0.5, 0.6) is 0 Å². The van der Waals surface area contributed by atoms with Crippen molar-refractivity contribution in [2.45, 2.75) is 48.5 Å². The minimum atomic E-state index is 0. The molecule has 0 spiro atoms. The summed E-state index contributed by atoms with van der Waals surface area (Å²) in [5.74, 6) is 1.47. The zero-order chi connectivity index (χ0) is 18.2. The van der Waals surface area contributed by atoms with Crippen LogP contribution in [0.25, 0.3) is 5.57 Å². The van der Waals surface area contributed by atoms with Crippen LogP contribution in [-0.4, -0.2) is 18.9 Å². The van der Waals surface area contributed by atoms with E-state index < -0.39 is 0 Å². The Morgan fingerprint density at radius 3 is 1.12 bits per heavy atom. The number of hydrogen-bond donors (Lipinski definition) is 0. The van der Waals surface area contributed by atoms with Gasteiger partial charge in [0.05, 0.1) is 0 Å². The molecule has 0 aromatic heterocycles. The van der Waals surface area contributed by atoms with Gasteiger partial charge in [-0.3, -0.25) is 0 Å². The summed E-state index contributed by atoms with van der Waals surface area (Å²) in [4.78, 5) is 0. The molecule has 0 saturated heterocycles. The Morgan fingerprint density at radius 1 is 0.500 bits per heavy atom. The topological polar surface area (TPSA) is 59.7 Å². The first kappa shape index (κ1) is 31.3. The molecule has 0 atom stereocenters. The number of hydrogen-bond acceptors (Lipinski definition) is 0. The van der Waals surface area contributed by atoms with Crippen molar-refractivity contribution in [2.75, 3.05) is 0 Å². The van der Waals surface area contributed by atoms with Gasteiger partial charge in [-0.2, -0.15) is 0 Å². The third-order valence-electron chi connectivity index (χ3n) is 4.56. The first-order valence-corrected chi connectivity index (χ1v) is 6.61. The Kier molecular flexibility index (Phi) is 19.2. The summed E-state index contributed by atoms with van der Waals surface area (Å²) >= 11 is 0. The van der Waals surface area contributed by atoms with E-state index in [-0.39, 0.29) is 39.9 Å². The van der Waals surface area contributed by atoms with Crippen molar-refractivity contribution in [3.8, 4) is 0 Å². The molecule has 0 saturated carbocycles. The van der Waals surface area contributed by atoms with E-state index >= 15 is 0 Å². The van der Waals surface area contributed by atoms with Crippen molar-refractivity contribution in [1.82, 2.24) is 0 Å². The summed E-state index contributed by atoms with van der Waals surface area (Å²) < 4.78 is 22.5. The standard InChI is InChI=1S/C16H21.3CO.Li.Mo/c1-8-9(2)12(5)16-14(7)10(3)13(6)15(16)11(8)4;3*1-2;;/h1-7H3;;;;;. The van der Waals surface area contributed by atoms with Crippen LogP contribution in [0.3, 0.4) is 0 Å². The van der Waals surface area contributed by atoms with Gasteiger partial charge in [0.25, 0.3) is 0 Å². The van der Waals surface area contributed by atoms with Gasteiger partial charge >= 0.3 is 33.9 Å². The van der Waals surface area contributed by atoms with Gasteiger partial charge in [-0.25, -0.2) is 0 Å². The molecular weight excluding hydrogens is 379 g/mol. The maximum absolute atomic E-state index is 7.50. The number of benzene rings is 1. The van der Waals surface area contributed by atoms with Gasteiger partial charge in [-0.1, -0.05) is 12.5 Å². The summed E-state index contributed by atoms with van der Waals surface area (Å²) in [6.07, 6.45) is 0. The van der Waals surface area contributed by atoms with Crippen LogP contribution < -0.4 is 0 Å². The molecule has 1 aliphatic carbocycles. The Balaban J connectivity index is -0.000000226. The van der Waals surface area contributed by atoms with Crippen LogP contribution >= 0.6 is 0 Å². The van der Waals surface area contributed by atoms with E-state index in [1.807, 2.05) is 0 Å². The summed E-state index contributed by atoms with van der Waals surface area (Å²) in [5.41, 5.74) is 11.8. The maximum Gasteiger partial charge on any atom is 0 e. The third kappa shape index (κ3) is 5.77. The molecule has 5 heteroatoms.